The van der Waals surface area contributed by atoms with Crippen molar-refractivity contribution in [2.45, 2.75) is 53.2 Å². The maximum absolute atomic E-state index is 6.37. The van der Waals surface area contributed by atoms with Crippen molar-refractivity contribution >= 4 is 27.7 Å². The summed E-state index contributed by atoms with van der Waals surface area (Å²) in [6, 6.07) is 58.8. The van der Waals surface area contributed by atoms with Gasteiger partial charge in [-0.15, -0.1) is 0 Å². The van der Waals surface area contributed by atoms with Gasteiger partial charge in [0.1, 0.15) is 17.3 Å². The van der Waals surface area contributed by atoms with E-state index in [1.807, 2.05) is 12.1 Å². The lowest BCUT2D eigenvalue weighted by atomic mass is 9.89. The predicted octanol–water partition coefficient (Wildman–Crippen LogP) is 14.2. The van der Waals surface area contributed by atoms with E-state index in [-0.39, 0.29) is 12.2 Å². The normalized spacial score (nSPS) is 13.1. The summed E-state index contributed by atoms with van der Waals surface area (Å²) < 4.78 is 6.37. The first-order chi connectivity index (χ1) is 26.9. The van der Waals surface area contributed by atoms with Gasteiger partial charge in [0.05, 0.1) is 0 Å². The number of rotatable bonds is 11. The number of nitrogens with zero attached hydrogens (tertiary/aromatic N) is 2. The SMILES string of the molecule is CCCN(C(C)c1ccc2c(c1)oc1ccccc12)C(/N=C(\C)c1ccccc1)c1cccc(-c2cc(-c3cccc(-c4ccccc4)c3)ccc2C)c1C. The summed E-state index contributed by atoms with van der Waals surface area (Å²) >= 11 is 0. The number of benzene rings is 7. The number of hydrogen-bond acceptors (Lipinski definition) is 3. The molecule has 0 amide bonds. The summed E-state index contributed by atoms with van der Waals surface area (Å²) in [6.07, 6.45) is 0.780. The zero-order chi connectivity index (χ0) is 37.9. The summed E-state index contributed by atoms with van der Waals surface area (Å²) in [5.74, 6) is 0. The quantitative estimate of drug-likeness (QED) is 0.125. The largest absolute Gasteiger partial charge is 0.456 e. The van der Waals surface area contributed by atoms with Gasteiger partial charge in [0.25, 0.3) is 0 Å². The second kappa shape index (κ2) is 15.8. The van der Waals surface area contributed by atoms with Crippen LogP contribution in [-0.2, 0) is 0 Å². The van der Waals surface area contributed by atoms with E-state index in [0.29, 0.717) is 0 Å². The van der Waals surface area contributed by atoms with Gasteiger partial charge >= 0.3 is 0 Å². The van der Waals surface area contributed by atoms with E-state index in [2.05, 4.69) is 191 Å². The molecule has 7 aromatic carbocycles. The lowest BCUT2D eigenvalue weighted by Crippen LogP contribution is -2.32. The van der Waals surface area contributed by atoms with E-state index < -0.39 is 0 Å². The molecule has 0 saturated carbocycles. The maximum atomic E-state index is 6.37. The Morgan fingerprint density at radius 1 is 0.600 bits per heavy atom. The zero-order valence-electron chi connectivity index (χ0n) is 32.5. The van der Waals surface area contributed by atoms with E-state index in [1.165, 1.54) is 55.6 Å². The topological polar surface area (TPSA) is 28.7 Å². The smallest absolute Gasteiger partial charge is 0.135 e. The van der Waals surface area contributed by atoms with Crippen LogP contribution in [0.2, 0.25) is 0 Å². The molecule has 0 spiro atoms. The van der Waals surface area contributed by atoms with Crippen molar-refractivity contribution in [2.75, 3.05) is 6.54 Å². The van der Waals surface area contributed by atoms with Crippen molar-refractivity contribution in [2.24, 2.45) is 4.99 Å². The number of para-hydroxylation sites is 1. The zero-order valence-corrected chi connectivity index (χ0v) is 32.5. The van der Waals surface area contributed by atoms with Crippen molar-refractivity contribution < 1.29 is 4.42 Å². The van der Waals surface area contributed by atoms with Crippen molar-refractivity contribution in [3.8, 4) is 33.4 Å². The Labute approximate surface area is 325 Å². The van der Waals surface area contributed by atoms with Gasteiger partial charge in [-0.05, 0) is 120 Å². The lowest BCUT2D eigenvalue weighted by Gasteiger charge is -2.36. The fourth-order valence-electron chi connectivity index (χ4n) is 8.07. The van der Waals surface area contributed by atoms with Gasteiger partial charge in [0, 0.05) is 29.1 Å². The number of hydrogen-bond donors (Lipinski definition) is 0. The van der Waals surface area contributed by atoms with E-state index >= 15 is 0 Å². The minimum Gasteiger partial charge on any atom is -0.456 e. The molecule has 0 fully saturated rings. The van der Waals surface area contributed by atoms with Crippen LogP contribution < -0.4 is 0 Å². The Balaban J connectivity index is 1.23. The van der Waals surface area contributed by atoms with E-state index in [0.717, 1.165) is 46.2 Å². The molecule has 0 radical (unpaired) electrons. The maximum Gasteiger partial charge on any atom is 0.135 e. The molecule has 272 valence electrons. The summed E-state index contributed by atoms with van der Waals surface area (Å²) in [4.78, 5) is 8.19. The van der Waals surface area contributed by atoms with Crippen LogP contribution in [0.1, 0.15) is 67.2 Å². The molecule has 1 heterocycles. The highest BCUT2D eigenvalue weighted by Gasteiger charge is 2.28. The summed E-state index contributed by atoms with van der Waals surface area (Å²) in [7, 11) is 0. The molecule has 2 unspecified atom stereocenters. The molecule has 0 N–H and O–H groups in total. The number of furan rings is 1. The average Bonchev–Trinajstić information content (AvgIpc) is 3.61. The van der Waals surface area contributed by atoms with E-state index in [9.17, 15) is 0 Å². The monoisotopic (exact) mass is 716 g/mol. The lowest BCUT2D eigenvalue weighted by molar-refractivity contribution is 0.147. The van der Waals surface area contributed by atoms with Crippen LogP contribution in [0.5, 0.6) is 0 Å². The van der Waals surface area contributed by atoms with E-state index in [1.54, 1.807) is 0 Å². The van der Waals surface area contributed by atoms with Gasteiger partial charge in [-0.2, -0.15) is 0 Å². The second-order valence-electron chi connectivity index (χ2n) is 14.7. The number of aliphatic imine (C=N–C) groups is 1. The van der Waals surface area contributed by atoms with Gasteiger partial charge in [0.15, 0.2) is 0 Å². The Kier molecular flexibility index (Phi) is 10.3. The summed E-state index contributed by atoms with van der Waals surface area (Å²) in [6.45, 7) is 12.1. The predicted molar refractivity (Wildman–Crippen MR) is 233 cm³/mol. The Morgan fingerprint density at radius 2 is 1.25 bits per heavy atom. The van der Waals surface area contributed by atoms with Crippen molar-refractivity contribution in [1.29, 1.82) is 0 Å². The molecule has 1 aromatic heterocycles. The van der Waals surface area contributed by atoms with Crippen molar-refractivity contribution in [1.82, 2.24) is 4.90 Å². The molecule has 2 atom stereocenters. The highest BCUT2D eigenvalue weighted by atomic mass is 16.3. The molecule has 3 heteroatoms. The van der Waals surface area contributed by atoms with Crippen LogP contribution in [0.3, 0.4) is 0 Å². The highest BCUT2D eigenvalue weighted by molar-refractivity contribution is 6.05. The molecule has 3 nitrogen and oxygen atoms in total. The van der Waals surface area contributed by atoms with Gasteiger partial charge in [-0.25, -0.2) is 0 Å². The van der Waals surface area contributed by atoms with Crippen molar-refractivity contribution in [3.05, 3.63) is 192 Å². The van der Waals surface area contributed by atoms with E-state index in [4.69, 9.17) is 9.41 Å². The van der Waals surface area contributed by atoms with Gasteiger partial charge < -0.3 is 4.42 Å². The van der Waals surface area contributed by atoms with Gasteiger partial charge in [-0.3, -0.25) is 9.89 Å². The molecule has 55 heavy (non-hydrogen) atoms. The van der Waals surface area contributed by atoms with Crippen LogP contribution in [0.25, 0.3) is 55.3 Å². The Morgan fingerprint density at radius 3 is 2.04 bits per heavy atom. The number of aryl methyl sites for hydroxylation is 1. The fraction of sp³-hybridized carbons (Fsp3) is 0.173. The van der Waals surface area contributed by atoms with Crippen LogP contribution >= 0.6 is 0 Å². The third kappa shape index (κ3) is 7.28. The Hall–Kier alpha value is -6.03. The molecule has 0 bridgehead atoms. The van der Waals surface area contributed by atoms with Crippen LogP contribution in [0, 0.1) is 13.8 Å². The minimum atomic E-state index is -0.215. The molecule has 0 saturated heterocycles. The second-order valence-corrected chi connectivity index (χ2v) is 14.7. The first-order valence-corrected chi connectivity index (χ1v) is 19.5. The van der Waals surface area contributed by atoms with Gasteiger partial charge in [0.2, 0.25) is 0 Å². The van der Waals surface area contributed by atoms with Crippen LogP contribution in [-0.4, -0.2) is 17.2 Å². The molecular weight excluding hydrogens is 669 g/mol. The number of fused-ring (bicyclic) bond motifs is 3. The molecular formula is C52H48N2O. The molecule has 0 aliphatic carbocycles. The Bertz CT molecular complexity index is 2620. The highest BCUT2D eigenvalue weighted by Crippen LogP contribution is 2.40. The first-order valence-electron chi connectivity index (χ1n) is 19.5. The fourth-order valence-corrected chi connectivity index (χ4v) is 8.07. The average molecular weight is 717 g/mol. The molecule has 0 aliphatic heterocycles. The summed E-state index contributed by atoms with van der Waals surface area (Å²) in [5, 5.41) is 2.30. The molecule has 8 rings (SSSR count). The summed E-state index contributed by atoms with van der Waals surface area (Å²) in [5.41, 5.74) is 16.3. The van der Waals surface area contributed by atoms with Crippen LogP contribution in [0.15, 0.2) is 173 Å². The molecule has 0 aliphatic rings. The van der Waals surface area contributed by atoms with Crippen molar-refractivity contribution in [3.63, 3.8) is 0 Å². The third-order valence-corrected chi connectivity index (χ3v) is 11.2. The standard InChI is InChI=1S/C52H48N2O/c1-6-31-54(38(5)41-29-30-48-47-23-13-14-26-50(47)55-51(48)34-41)52(53-37(4)39-17-9-7-10-18-39)46-25-16-24-45(36(46)3)49-33-44(28-27-35(49)2)43-22-15-21-42(32-43)40-19-11-8-12-20-40/h7-30,32-34,38,52H,6,31H2,1-5H3/b53-37+. The first kappa shape index (κ1) is 36.0. The third-order valence-electron chi connectivity index (χ3n) is 11.2. The van der Waals surface area contributed by atoms with Crippen LogP contribution in [0.4, 0.5) is 0 Å². The molecule has 8 aromatic rings. The van der Waals surface area contributed by atoms with Gasteiger partial charge in [-0.1, -0.05) is 146 Å². The minimum absolute atomic E-state index is 0.0693.